The van der Waals surface area contributed by atoms with Gasteiger partial charge in [0.1, 0.15) is 0 Å². The SMILES string of the molecule is O=C1C=CC=C2NSc3ccccc3C12. The molecule has 3 rings (SSSR count). The fourth-order valence-electron chi connectivity index (χ4n) is 1.93. The smallest absolute Gasteiger partial charge is 0.169 e. The second-order valence-electron chi connectivity index (χ2n) is 3.56. The first-order valence-corrected chi connectivity index (χ1v) is 5.62. The van der Waals surface area contributed by atoms with E-state index in [1.54, 1.807) is 24.1 Å². The van der Waals surface area contributed by atoms with Crippen LogP contribution in [-0.4, -0.2) is 5.78 Å². The van der Waals surface area contributed by atoms with Gasteiger partial charge in [0.05, 0.1) is 5.92 Å². The molecule has 15 heavy (non-hydrogen) atoms. The number of hydrogen-bond donors (Lipinski definition) is 1. The molecule has 2 aliphatic rings. The van der Waals surface area contributed by atoms with E-state index in [9.17, 15) is 4.79 Å². The molecule has 3 heteroatoms. The third-order valence-corrected chi connectivity index (χ3v) is 3.57. The highest BCUT2D eigenvalue weighted by atomic mass is 32.2. The van der Waals surface area contributed by atoms with Gasteiger partial charge in [-0.1, -0.05) is 24.3 Å². The lowest BCUT2D eigenvalue weighted by Gasteiger charge is -2.28. The summed E-state index contributed by atoms with van der Waals surface area (Å²) in [6.07, 6.45) is 5.41. The van der Waals surface area contributed by atoms with Gasteiger partial charge in [-0.3, -0.25) is 4.79 Å². The van der Waals surface area contributed by atoms with Crippen molar-refractivity contribution in [3.05, 3.63) is 53.8 Å². The Morgan fingerprint density at radius 2 is 2.13 bits per heavy atom. The summed E-state index contributed by atoms with van der Waals surface area (Å²) in [4.78, 5) is 13.0. The second kappa shape index (κ2) is 3.28. The van der Waals surface area contributed by atoms with Crippen LogP contribution in [0.5, 0.6) is 0 Å². The third kappa shape index (κ3) is 1.31. The summed E-state index contributed by atoms with van der Waals surface area (Å²) in [6, 6.07) is 8.04. The fourth-order valence-corrected chi connectivity index (χ4v) is 2.80. The van der Waals surface area contributed by atoms with Gasteiger partial charge in [-0.15, -0.1) is 0 Å². The summed E-state index contributed by atoms with van der Waals surface area (Å²) in [6.45, 7) is 0. The molecule has 0 fully saturated rings. The van der Waals surface area contributed by atoms with Gasteiger partial charge in [-0.25, -0.2) is 0 Å². The molecule has 1 aliphatic heterocycles. The average molecular weight is 215 g/mol. The number of allylic oxidation sites excluding steroid dienone is 4. The van der Waals surface area contributed by atoms with Crippen LogP contribution in [0.4, 0.5) is 0 Å². The Balaban J connectivity index is 2.17. The first-order valence-electron chi connectivity index (χ1n) is 4.80. The molecule has 1 N–H and O–H groups in total. The summed E-state index contributed by atoms with van der Waals surface area (Å²) in [5.74, 6) is 0.0419. The Morgan fingerprint density at radius 3 is 3.07 bits per heavy atom. The summed E-state index contributed by atoms with van der Waals surface area (Å²) < 4.78 is 3.21. The third-order valence-electron chi connectivity index (χ3n) is 2.64. The molecule has 0 spiro atoms. The van der Waals surface area contributed by atoms with Crippen LogP contribution >= 0.6 is 11.9 Å². The quantitative estimate of drug-likeness (QED) is 0.674. The molecule has 1 aliphatic carbocycles. The Morgan fingerprint density at radius 1 is 1.27 bits per heavy atom. The zero-order valence-corrected chi connectivity index (χ0v) is 8.75. The molecule has 1 heterocycles. The van der Waals surface area contributed by atoms with E-state index in [1.165, 1.54) is 0 Å². The van der Waals surface area contributed by atoms with Gasteiger partial charge >= 0.3 is 0 Å². The minimum atomic E-state index is -0.118. The Kier molecular flexibility index (Phi) is 1.92. The summed E-state index contributed by atoms with van der Waals surface area (Å²) >= 11 is 1.57. The van der Waals surface area contributed by atoms with Crippen LogP contribution in [0.3, 0.4) is 0 Å². The highest BCUT2D eigenvalue weighted by Crippen LogP contribution is 2.39. The molecule has 0 amide bonds. The maximum absolute atomic E-state index is 11.8. The molecular weight excluding hydrogens is 206 g/mol. The average Bonchev–Trinajstić information content (AvgIpc) is 2.29. The minimum Gasteiger partial charge on any atom is -0.328 e. The van der Waals surface area contributed by atoms with Crippen molar-refractivity contribution in [2.45, 2.75) is 10.8 Å². The highest BCUT2D eigenvalue weighted by Gasteiger charge is 2.30. The van der Waals surface area contributed by atoms with Crippen LogP contribution < -0.4 is 4.72 Å². The van der Waals surface area contributed by atoms with E-state index in [4.69, 9.17) is 0 Å². The number of nitrogens with one attached hydrogen (secondary N) is 1. The Bertz CT molecular complexity index is 490. The lowest BCUT2D eigenvalue weighted by molar-refractivity contribution is -0.115. The number of rotatable bonds is 0. The van der Waals surface area contributed by atoms with Crippen molar-refractivity contribution in [2.24, 2.45) is 0 Å². The summed E-state index contributed by atoms with van der Waals surface area (Å²) in [5.41, 5.74) is 2.10. The predicted molar refractivity (Wildman–Crippen MR) is 60.4 cm³/mol. The predicted octanol–water partition coefficient (Wildman–Crippen LogP) is 2.40. The Hall–Kier alpha value is -1.48. The van der Waals surface area contributed by atoms with Crippen LogP contribution in [0, 0.1) is 0 Å². The van der Waals surface area contributed by atoms with Gasteiger partial charge in [0.15, 0.2) is 5.78 Å². The largest absolute Gasteiger partial charge is 0.328 e. The van der Waals surface area contributed by atoms with E-state index in [1.807, 2.05) is 30.3 Å². The highest BCUT2D eigenvalue weighted by molar-refractivity contribution is 7.97. The number of carbonyl (C=O) groups excluding carboxylic acids is 1. The number of carbonyl (C=O) groups is 1. The van der Waals surface area contributed by atoms with Crippen molar-refractivity contribution in [1.29, 1.82) is 0 Å². The zero-order chi connectivity index (χ0) is 10.3. The maximum atomic E-state index is 11.8. The normalized spacial score (nSPS) is 22.5. The van der Waals surface area contributed by atoms with Crippen LogP contribution in [0.1, 0.15) is 11.5 Å². The monoisotopic (exact) mass is 215 g/mol. The number of hydrogen-bond acceptors (Lipinski definition) is 3. The molecule has 0 bridgehead atoms. The minimum absolute atomic E-state index is 0.118. The first-order chi connectivity index (χ1) is 7.36. The van der Waals surface area contributed by atoms with Crippen molar-refractivity contribution >= 4 is 17.7 Å². The number of fused-ring (bicyclic) bond motifs is 3. The van der Waals surface area contributed by atoms with E-state index in [-0.39, 0.29) is 11.7 Å². The Labute approximate surface area is 92.2 Å². The van der Waals surface area contributed by atoms with E-state index < -0.39 is 0 Å². The van der Waals surface area contributed by atoms with Crippen LogP contribution in [-0.2, 0) is 4.79 Å². The molecule has 1 aromatic rings. The first kappa shape index (κ1) is 8.80. The van der Waals surface area contributed by atoms with E-state index in [2.05, 4.69) is 4.72 Å². The van der Waals surface area contributed by atoms with Crippen LogP contribution in [0.15, 0.2) is 53.1 Å². The molecule has 1 unspecified atom stereocenters. The van der Waals surface area contributed by atoms with Crippen LogP contribution in [0.2, 0.25) is 0 Å². The topological polar surface area (TPSA) is 29.1 Å². The van der Waals surface area contributed by atoms with Gasteiger partial charge in [-0.05, 0) is 35.7 Å². The molecule has 1 aromatic carbocycles. The maximum Gasteiger partial charge on any atom is 0.169 e. The molecule has 0 saturated heterocycles. The van der Waals surface area contributed by atoms with Crippen molar-refractivity contribution in [3.8, 4) is 0 Å². The van der Waals surface area contributed by atoms with E-state index in [0.29, 0.717) is 0 Å². The number of benzene rings is 1. The van der Waals surface area contributed by atoms with Gasteiger partial charge in [0.25, 0.3) is 0 Å². The second-order valence-corrected chi connectivity index (χ2v) is 4.41. The zero-order valence-electron chi connectivity index (χ0n) is 7.94. The molecule has 74 valence electrons. The molecule has 2 nitrogen and oxygen atoms in total. The number of ketones is 1. The van der Waals surface area contributed by atoms with Gasteiger partial charge in [0, 0.05) is 10.6 Å². The van der Waals surface area contributed by atoms with E-state index in [0.717, 1.165) is 16.2 Å². The van der Waals surface area contributed by atoms with Crippen molar-refractivity contribution in [1.82, 2.24) is 4.72 Å². The lowest BCUT2D eigenvalue weighted by Crippen LogP contribution is -2.26. The molecule has 0 saturated carbocycles. The van der Waals surface area contributed by atoms with Gasteiger partial charge in [0.2, 0.25) is 0 Å². The molecule has 0 aromatic heterocycles. The molecule has 0 radical (unpaired) electrons. The summed E-state index contributed by atoms with van der Waals surface area (Å²) in [7, 11) is 0. The van der Waals surface area contributed by atoms with Crippen molar-refractivity contribution < 1.29 is 4.79 Å². The van der Waals surface area contributed by atoms with Crippen molar-refractivity contribution in [3.63, 3.8) is 0 Å². The summed E-state index contributed by atoms with van der Waals surface area (Å²) in [5, 5.41) is 0. The molecule has 1 atom stereocenters. The fraction of sp³-hybridized carbons (Fsp3) is 0.0833. The standard InChI is InChI=1S/C12H9NOS/c14-10-6-3-5-9-12(10)8-4-1-2-7-11(8)15-13-9/h1-7,12-13H. The van der Waals surface area contributed by atoms with Gasteiger partial charge < -0.3 is 4.72 Å². The lowest BCUT2D eigenvalue weighted by atomic mass is 9.88. The van der Waals surface area contributed by atoms with Crippen LogP contribution in [0.25, 0.3) is 0 Å². The van der Waals surface area contributed by atoms with Gasteiger partial charge in [-0.2, -0.15) is 0 Å². The van der Waals surface area contributed by atoms with Crippen molar-refractivity contribution in [2.75, 3.05) is 0 Å². The van der Waals surface area contributed by atoms with E-state index >= 15 is 0 Å². The molecular formula is C12H9NOS.